The average molecular weight is 430 g/mol. The molecule has 1 amide bonds. The van der Waals surface area contributed by atoms with E-state index in [1.54, 1.807) is 22.7 Å². The van der Waals surface area contributed by atoms with Crippen molar-refractivity contribution in [2.24, 2.45) is 10.8 Å². The first-order valence-electron chi connectivity index (χ1n) is 11.4. The Bertz CT molecular complexity index is 1240. The van der Waals surface area contributed by atoms with E-state index in [0.717, 1.165) is 25.1 Å². The minimum Gasteiger partial charge on any atom is -0.333 e. The zero-order valence-corrected chi connectivity index (χ0v) is 19.2. The van der Waals surface area contributed by atoms with Gasteiger partial charge in [-0.05, 0) is 49.1 Å². The molecular formula is C25H28BFN4O. The molecule has 3 unspecified atom stereocenters. The highest BCUT2D eigenvalue weighted by molar-refractivity contribution is 6.32. The lowest BCUT2D eigenvalue weighted by Crippen LogP contribution is -2.40. The van der Waals surface area contributed by atoms with Gasteiger partial charge in [0.25, 0.3) is 5.91 Å². The van der Waals surface area contributed by atoms with Crippen molar-refractivity contribution in [2.75, 3.05) is 6.54 Å². The fourth-order valence-corrected chi connectivity index (χ4v) is 5.93. The van der Waals surface area contributed by atoms with E-state index in [1.807, 2.05) is 17.9 Å². The topological polar surface area (TPSA) is 50.5 Å². The van der Waals surface area contributed by atoms with Gasteiger partial charge >= 0.3 is 0 Å². The van der Waals surface area contributed by atoms with Crippen LogP contribution in [0.2, 0.25) is 0 Å². The maximum Gasteiger partial charge on any atom is 0.272 e. The third-order valence-electron chi connectivity index (χ3n) is 8.32. The standard InChI is InChI=1S/C25H28BFN4O/c1-5-17-12-21(23(32)30-14-24(3)9-6-10-25(24,4)15(30)2)28-22-13-20(29-31(17)22)18-8-7-16(26)11-19(18)27/h7-8,11-13,15H,5-6,9-10,14H2,1-4H3. The van der Waals surface area contributed by atoms with Crippen LogP contribution in [0.5, 0.6) is 0 Å². The highest BCUT2D eigenvalue weighted by Gasteiger charge is 2.59. The lowest BCUT2D eigenvalue weighted by Gasteiger charge is -2.36. The molecule has 1 saturated carbocycles. The number of nitrogens with zero attached hydrogens (tertiary/aromatic N) is 4. The zero-order valence-electron chi connectivity index (χ0n) is 19.2. The number of amides is 1. The molecule has 1 saturated heterocycles. The average Bonchev–Trinajstić information content (AvgIpc) is 3.36. The van der Waals surface area contributed by atoms with Crippen LogP contribution in [0.4, 0.5) is 4.39 Å². The number of carbonyl (C=O) groups excluding carboxylic acids is 1. The number of aromatic nitrogens is 3. The first-order valence-corrected chi connectivity index (χ1v) is 11.4. The van der Waals surface area contributed by atoms with E-state index in [1.165, 1.54) is 12.5 Å². The normalized spacial score (nSPS) is 27.3. The molecule has 2 aromatic heterocycles. The molecule has 3 heterocycles. The Labute approximate surface area is 189 Å². The molecule has 3 aromatic rings. The molecule has 2 fully saturated rings. The molecule has 1 aliphatic carbocycles. The molecule has 5 nitrogen and oxygen atoms in total. The quantitative estimate of drug-likeness (QED) is 0.592. The van der Waals surface area contributed by atoms with E-state index in [0.29, 0.717) is 34.5 Å². The van der Waals surface area contributed by atoms with Crippen LogP contribution in [0.3, 0.4) is 0 Å². The molecule has 0 N–H and O–H groups in total. The van der Waals surface area contributed by atoms with Gasteiger partial charge in [-0.15, -0.1) is 0 Å². The van der Waals surface area contributed by atoms with Crippen LogP contribution in [0.15, 0.2) is 30.3 Å². The maximum absolute atomic E-state index is 14.5. The van der Waals surface area contributed by atoms with Gasteiger partial charge in [-0.3, -0.25) is 4.79 Å². The Kier molecular flexibility index (Phi) is 4.73. The van der Waals surface area contributed by atoms with Crippen LogP contribution in [-0.4, -0.2) is 45.8 Å². The number of halogens is 1. The first kappa shape index (κ1) is 21.2. The number of benzene rings is 1. The number of likely N-dealkylation sites (tertiary alicyclic amines) is 1. The molecule has 32 heavy (non-hydrogen) atoms. The molecule has 5 rings (SSSR count). The minimum atomic E-state index is -0.429. The van der Waals surface area contributed by atoms with E-state index >= 15 is 0 Å². The fourth-order valence-electron chi connectivity index (χ4n) is 5.93. The van der Waals surface area contributed by atoms with E-state index in [-0.39, 0.29) is 22.8 Å². The van der Waals surface area contributed by atoms with Crippen LogP contribution in [0.25, 0.3) is 16.9 Å². The van der Waals surface area contributed by atoms with E-state index < -0.39 is 5.82 Å². The van der Waals surface area contributed by atoms with Gasteiger partial charge in [-0.1, -0.05) is 44.8 Å². The van der Waals surface area contributed by atoms with Crippen molar-refractivity contribution in [1.29, 1.82) is 0 Å². The van der Waals surface area contributed by atoms with Gasteiger partial charge in [-0.25, -0.2) is 13.9 Å². The lowest BCUT2D eigenvalue weighted by atomic mass is 9.68. The van der Waals surface area contributed by atoms with Crippen LogP contribution in [0, 0.1) is 16.6 Å². The molecular weight excluding hydrogens is 402 g/mol. The third-order valence-corrected chi connectivity index (χ3v) is 8.32. The van der Waals surface area contributed by atoms with Crippen LogP contribution < -0.4 is 5.46 Å². The summed E-state index contributed by atoms with van der Waals surface area (Å²) < 4.78 is 16.2. The Morgan fingerprint density at radius 3 is 2.72 bits per heavy atom. The minimum absolute atomic E-state index is 0.0343. The van der Waals surface area contributed by atoms with Gasteiger partial charge in [0.1, 0.15) is 19.4 Å². The Morgan fingerprint density at radius 1 is 1.25 bits per heavy atom. The van der Waals surface area contributed by atoms with Gasteiger partial charge in [0.15, 0.2) is 5.65 Å². The third kappa shape index (κ3) is 2.93. The van der Waals surface area contributed by atoms with Crippen LogP contribution in [-0.2, 0) is 6.42 Å². The zero-order chi connectivity index (χ0) is 22.8. The molecule has 2 radical (unpaired) electrons. The summed E-state index contributed by atoms with van der Waals surface area (Å²) in [5.74, 6) is -0.463. The molecule has 3 atom stereocenters. The summed E-state index contributed by atoms with van der Waals surface area (Å²) in [7, 11) is 5.68. The molecule has 1 aliphatic heterocycles. The van der Waals surface area contributed by atoms with E-state index in [2.05, 4.69) is 30.9 Å². The summed E-state index contributed by atoms with van der Waals surface area (Å²) in [6.07, 6.45) is 4.21. The second-order valence-electron chi connectivity index (χ2n) is 9.97. The van der Waals surface area contributed by atoms with Crippen molar-refractivity contribution >= 4 is 24.9 Å². The number of fused-ring (bicyclic) bond motifs is 2. The van der Waals surface area contributed by atoms with Crippen molar-refractivity contribution in [3.8, 4) is 11.3 Å². The Balaban J connectivity index is 1.55. The first-order chi connectivity index (χ1) is 15.2. The molecule has 1 aromatic carbocycles. The monoisotopic (exact) mass is 430 g/mol. The summed E-state index contributed by atoms with van der Waals surface area (Å²) in [5.41, 5.74) is 3.32. The number of hydrogen-bond donors (Lipinski definition) is 0. The summed E-state index contributed by atoms with van der Waals surface area (Å²) in [5, 5.41) is 4.57. The van der Waals surface area contributed by atoms with E-state index in [9.17, 15) is 9.18 Å². The SMILES string of the molecule is [B]c1ccc(-c2cc3nc(C(=O)N4CC5(C)CCCC5(C)C4C)cc(CC)n3n2)c(F)c1. The van der Waals surface area contributed by atoms with Crippen molar-refractivity contribution < 1.29 is 9.18 Å². The molecule has 164 valence electrons. The summed E-state index contributed by atoms with van der Waals surface area (Å²) in [6, 6.07) is 8.28. The largest absolute Gasteiger partial charge is 0.333 e. The maximum atomic E-state index is 14.5. The summed E-state index contributed by atoms with van der Waals surface area (Å²) in [4.78, 5) is 20.3. The van der Waals surface area contributed by atoms with Crippen molar-refractivity contribution in [2.45, 2.75) is 59.4 Å². The van der Waals surface area contributed by atoms with Gasteiger partial charge < -0.3 is 4.90 Å². The van der Waals surface area contributed by atoms with Crippen molar-refractivity contribution in [3.05, 3.63) is 47.5 Å². The smallest absolute Gasteiger partial charge is 0.272 e. The van der Waals surface area contributed by atoms with Crippen LogP contribution in [0.1, 0.15) is 63.1 Å². The number of hydrogen-bond acceptors (Lipinski definition) is 3. The fraction of sp³-hybridized carbons (Fsp3) is 0.480. The van der Waals surface area contributed by atoms with Crippen molar-refractivity contribution in [1.82, 2.24) is 19.5 Å². The van der Waals surface area contributed by atoms with Crippen molar-refractivity contribution in [3.63, 3.8) is 0 Å². The lowest BCUT2D eigenvalue weighted by molar-refractivity contribution is 0.0687. The van der Waals surface area contributed by atoms with Gasteiger partial charge in [-0.2, -0.15) is 5.10 Å². The Hall–Kier alpha value is -2.70. The molecule has 0 spiro atoms. The van der Waals surface area contributed by atoms with E-state index in [4.69, 9.17) is 7.85 Å². The Morgan fingerprint density at radius 2 is 2.03 bits per heavy atom. The highest BCUT2D eigenvalue weighted by atomic mass is 19.1. The number of carbonyl (C=O) groups is 1. The summed E-state index contributed by atoms with van der Waals surface area (Å²) >= 11 is 0. The van der Waals surface area contributed by atoms with Gasteiger partial charge in [0.2, 0.25) is 0 Å². The summed E-state index contributed by atoms with van der Waals surface area (Å²) in [6.45, 7) is 9.60. The second kappa shape index (κ2) is 7.16. The number of rotatable bonds is 3. The van der Waals surface area contributed by atoms with Crippen LogP contribution >= 0.6 is 0 Å². The van der Waals surface area contributed by atoms with Gasteiger partial charge in [0, 0.05) is 29.9 Å². The highest BCUT2D eigenvalue weighted by Crippen LogP contribution is 2.60. The predicted octanol–water partition coefficient (Wildman–Crippen LogP) is 3.93. The molecule has 2 aliphatic rings. The second-order valence-corrected chi connectivity index (χ2v) is 9.97. The van der Waals surface area contributed by atoms with Gasteiger partial charge in [0.05, 0.1) is 5.69 Å². The molecule has 7 heteroatoms. The molecule has 0 bridgehead atoms. The predicted molar refractivity (Wildman–Crippen MR) is 124 cm³/mol. The number of aryl methyl sites for hydroxylation is 1.